The zero-order valence-corrected chi connectivity index (χ0v) is 18.9. The Kier molecular flexibility index (Phi) is 8.32. The molecule has 0 unspecified atom stereocenters. The molecule has 35 heavy (non-hydrogen) atoms. The lowest BCUT2D eigenvalue weighted by Crippen LogP contribution is -2.26. The summed E-state index contributed by atoms with van der Waals surface area (Å²) in [5, 5.41) is 0. The maximum absolute atomic E-state index is 14.7. The van der Waals surface area contributed by atoms with Crippen LogP contribution in [0.15, 0.2) is 24.3 Å². The van der Waals surface area contributed by atoms with Gasteiger partial charge in [0.25, 0.3) is 0 Å². The summed E-state index contributed by atoms with van der Waals surface area (Å²) in [6, 6.07) is 2.59. The molecule has 0 aromatic heterocycles. The van der Waals surface area contributed by atoms with Crippen LogP contribution in [0.2, 0.25) is 0 Å². The highest BCUT2D eigenvalue weighted by Gasteiger charge is 2.39. The molecule has 10 heteroatoms. The van der Waals surface area contributed by atoms with Crippen LogP contribution in [0.1, 0.15) is 74.5 Å². The minimum atomic E-state index is -5.36. The minimum Gasteiger partial charge on any atom is -0.432 e. The molecule has 1 saturated carbocycles. The van der Waals surface area contributed by atoms with Crippen LogP contribution in [0.3, 0.4) is 0 Å². The van der Waals surface area contributed by atoms with Gasteiger partial charge in [-0.05, 0) is 55.1 Å². The second-order valence-electron chi connectivity index (χ2n) is 8.95. The average molecular weight is 512 g/mol. The van der Waals surface area contributed by atoms with Gasteiger partial charge in [0.15, 0.2) is 11.6 Å². The van der Waals surface area contributed by atoms with Crippen molar-refractivity contribution in [2.45, 2.75) is 76.5 Å². The van der Waals surface area contributed by atoms with Crippen molar-refractivity contribution in [2.24, 2.45) is 5.92 Å². The van der Waals surface area contributed by atoms with Crippen LogP contribution in [0.5, 0.6) is 5.75 Å². The van der Waals surface area contributed by atoms with Gasteiger partial charge in [0.05, 0.1) is 6.42 Å². The molecule has 0 saturated heterocycles. The van der Waals surface area contributed by atoms with Crippen molar-refractivity contribution in [3.05, 3.63) is 64.2 Å². The molecule has 0 atom stereocenters. The Hall–Kier alpha value is -2.39. The highest BCUT2D eigenvalue weighted by Crippen LogP contribution is 2.40. The standard InChI is InChI=1S/C25H25F9O/c1-2-3-14-4-6-15(7-5-14)18-9-8-16(22(28)23(18)29)10-11-24(30,31)35-17-12-19(26)21(20(27)13-17)25(32,33)34/h8-9,12-15H,2-7,10-11H2,1H3. The number of aryl methyl sites for hydroxylation is 1. The predicted octanol–water partition coefficient (Wildman–Crippen LogP) is 8.94. The zero-order chi connectivity index (χ0) is 26.0. The quantitative estimate of drug-likeness (QED) is 0.321. The van der Waals surface area contributed by atoms with Crippen LogP contribution in [0.25, 0.3) is 0 Å². The van der Waals surface area contributed by atoms with E-state index < -0.39 is 59.7 Å². The van der Waals surface area contributed by atoms with Gasteiger partial charge >= 0.3 is 12.3 Å². The topological polar surface area (TPSA) is 9.23 Å². The summed E-state index contributed by atoms with van der Waals surface area (Å²) in [6.07, 6.45) is -5.95. The third-order valence-corrected chi connectivity index (χ3v) is 6.43. The number of benzene rings is 2. The van der Waals surface area contributed by atoms with Gasteiger partial charge in [-0.2, -0.15) is 22.0 Å². The first-order chi connectivity index (χ1) is 16.3. The van der Waals surface area contributed by atoms with Gasteiger partial charge in [0.2, 0.25) is 0 Å². The molecule has 2 aromatic carbocycles. The molecule has 0 aliphatic heterocycles. The van der Waals surface area contributed by atoms with Gasteiger partial charge in [-0.3, -0.25) is 0 Å². The van der Waals surface area contributed by atoms with Crippen molar-refractivity contribution < 1.29 is 44.3 Å². The van der Waals surface area contributed by atoms with Crippen molar-refractivity contribution in [3.63, 3.8) is 0 Å². The van der Waals surface area contributed by atoms with E-state index in [2.05, 4.69) is 11.7 Å². The Labute approximate surface area is 197 Å². The van der Waals surface area contributed by atoms with Gasteiger partial charge in [0, 0.05) is 12.1 Å². The van der Waals surface area contributed by atoms with E-state index in [1.807, 2.05) is 0 Å². The van der Waals surface area contributed by atoms with Gasteiger partial charge in [-0.25, -0.2) is 17.6 Å². The maximum Gasteiger partial charge on any atom is 0.422 e. The Morgan fingerprint density at radius 3 is 2.00 bits per heavy atom. The van der Waals surface area contributed by atoms with E-state index in [1.54, 1.807) is 0 Å². The van der Waals surface area contributed by atoms with Crippen molar-refractivity contribution >= 4 is 0 Å². The van der Waals surface area contributed by atoms with Crippen molar-refractivity contribution in [1.82, 2.24) is 0 Å². The molecule has 0 radical (unpaired) electrons. The summed E-state index contributed by atoms with van der Waals surface area (Å²) < 4.78 is 127. The third-order valence-electron chi connectivity index (χ3n) is 6.43. The number of rotatable bonds is 8. The van der Waals surface area contributed by atoms with Gasteiger partial charge < -0.3 is 4.74 Å². The summed E-state index contributed by atoms with van der Waals surface area (Å²) in [7, 11) is 0. The molecule has 0 heterocycles. The molecule has 2 aromatic rings. The summed E-state index contributed by atoms with van der Waals surface area (Å²) >= 11 is 0. The average Bonchev–Trinajstić information content (AvgIpc) is 2.74. The molecule has 194 valence electrons. The molecule has 1 aliphatic carbocycles. The van der Waals surface area contributed by atoms with Gasteiger partial charge in [0.1, 0.15) is 22.9 Å². The lowest BCUT2D eigenvalue weighted by Gasteiger charge is -2.29. The van der Waals surface area contributed by atoms with Crippen LogP contribution in [0.4, 0.5) is 39.5 Å². The first-order valence-corrected chi connectivity index (χ1v) is 11.4. The monoisotopic (exact) mass is 512 g/mol. The fourth-order valence-corrected chi connectivity index (χ4v) is 4.67. The molecular weight excluding hydrogens is 487 g/mol. The van der Waals surface area contributed by atoms with E-state index in [0.717, 1.165) is 25.7 Å². The molecule has 0 spiro atoms. The first kappa shape index (κ1) is 27.2. The predicted molar refractivity (Wildman–Crippen MR) is 111 cm³/mol. The molecule has 1 fully saturated rings. The van der Waals surface area contributed by atoms with Crippen LogP contribution in [0, 0.1) is 29.2 Å². The molecule has 1 nitrogen and oxygen atoms in total. The number of alkyl halides is 5. The Bertz CT molecular complexity index is 1000. The lowest BCUT2D eigenvalue weighted by molar-refractivity contribution is -0.180. The van der Waals surface area contributed by atoms with E-state index in [9.17, 15) is 39.5 Å². The largest absolute Gasteiger partial charge is 0.432 e. The number of halogens is 9. The van der Waals surface area contributed by atoms with Gasteiger partial charge in [-0.15, -0.1) is 0 Å². The summed E-state index contributed by atoms with van der Waals surface area (Å²) in [6.45, 7) is 2.09. The lowest BCUT2D eigenvalue weighted by atomic mass is 9.77. The first-order valence-electron chi connectivity index (χ1n) is 11.4. The van der Waals surface area contributed by atoms with Gasteiger partial charge in [-0.1, -0.05) is 31.9 Å². The van der Waals surface area contributed by atoms with Crippen LogP contribution in [-0.2, 0) is 12.6 Å². The molecular formula is C25H25F9O. The highest BCUT2D eigenvalue weighted by molar-refractivity contribution is 5.33. The van der Waals surface area contributed by atoms with Crippen LogP contribution >= 0.6 is 0 Å². The van der Waals surface area contributed by atoms with Crippen molar-refractivity contribution in [1.29, 1.82) is 0 Å². The smallest absolute Gasteiger partial charge is 0.422 e. The molecule has 0 N–H and O–H groups in total. The number of hydrogen-bond acceptors (Lipinski definition) is 1. The van der Waals surface area contributed by atoms with E-state index in [-0.39, 0.29) is 29.2 Å². The summed E-state index contributed by atoms with van der Waals surface area (Å²) in [4.78, 5) is 0. The second kappa shape index (κ2) is 10.7. The van der Waals surface area contributed by atoms with Crippen LogP contribution < -0.4 is 4.74 Å². The minimum absolute atomic E-state index is 0.00982. The SMILES string of the molecule is CCCC1CCC(c2ccc(CCC(F)(F)Oc3cc(F)c(C(F)(F)F)c(F)c3)c(F)c2F)CC1. The van der Waals surface area contributed by atoms with E-state index in [1.165, 1.54) is 12.1 Å². The van der Waals surface area contributed by atoms with Crippen molar-refractivity contribution in [2.75, 3.05) is 0 Å². The normalized spacial score (nSPS) is 19.1. The van der Waals surface area contributed by atoms with Crippen LogP contribution in [-0.4, -0.2) is 6.11 Å². The Morgan fingerprint density at radius 2 is 1.46 bits per heavy atom. The van der Waals surface area contributed by atoms with E-state index in [4.69, 9.17) is 0 Å². The molecule has 3 rings (SSSR count). The summed E-state index contributed by atoms with van der Waals surface area (Å²) in [5.74, 6) is -7.32. The Morgan fingerprint density at radius 1 is 0.857 bits per heavy atom. The molecule has 0 amide bonds. The fourth-order valence-electron chi connectivity index (χ4n) is 4.67. The van der Waals surface area contributed by atoms with E-state index >= 15 is 0 Å². The fraction of sp³-hybridized carbons (Fsp3) is 0.520. The molecule has 1 aliphatic rings. The second-order valence-corrected chi connectivity index (χ2v) is 8.95. The molecule has 0 bridgehead atoms. The third kappa shape index (κ3) is 6.64. The maximum atomic E-state index is 14.7. The highest BCUT2D eigenvalue weighted by atomic mass is 19.4. The number of hydrogen-bond donors (Lipinski definition) is 0. The summed E-state index contributed by atoms with van der Waals surface area (Å²) in [5.41, 5.74) is -2.36. The van der Waals surface area contributed by atoms with E-state index in [0.29, 0.717) is 18.8 Å². The number of ether oxygens (including phenoxy) is 1. The zero-order valence-electron chi connectivity index (χ0n) is 18.9. The Balaban J connectivity index is 1.66. The van der Waals surface area contributed by atoms with Crippen molar-refractivity contribution in [3.8, 4) is 5.75 Å².